The molecule has 136 valence electrons. The lowest BCUT2D eigenvalue weighted by molar-refractivity contribution is 0.414. The first-order valence-corrected chi connectivity index (χ1v) is 8.51. The van der Waals surface area contributed by atoms with Crippen molar-refractivity contribution in [3.05, 3.63) is 78.4 Å². The first kappa shape index (κ1) is 16.8. The molecule has 0 bridgehead atoms. The van der Waals surface area contributed by atoms with Gasteiger partial charge in [-0.1, -0.05) is 30.3 Å². The first-order chi connectivity index (χ1) is 13.2. The summed E-state index contributed by atoms with van der Waals surface area (Å²) >= 11 is 0. The fourth-order valence-corrected chi connectivity index (χ4v) is 2.88. The number of benzene rings is 2. The van der Waals surface area contributed by atoms with Gasteiger partial charge in [0.25, 0.3) is 11.8 Å². The van der Waals surface area contributed by atoms with Crippen molar-refractivity contribution in [1.29, 1.82) is 0 Å². The second kappa shape index (κ2) is 7.33. The van der Waals surface area contributed by atoms with E-state index in [1.807, 2.05) is 72.4 Å². The van der Waals surface area contributed by atoms with Crippen LogP contribution >= 0.6 is 0 Å². The molecule has 2 aromatic carbocycles. The third-order valence-electron chi connectivity index (χ3n) is 4.26. The maximum Gasteiger partial charge on any atom is 0.264 e. The van der Waals surface area contributed by atoms with E-state index < -0.39 is 0 Å². The quantitative estimate of drug-likeness (QED) is 0.564. The molecule has 7 heteroatoms. The van der Waals surface area contributed by atoms with Crippen LogP contribution in [0.4, 0.5) is 5.95 Å². The van der Waals surface area contributed by atoms with Gasteiger partial charge in [0.05, 0.1) is 7.11 Å². The summed E-state index contributed by atoms with van der Waals surface area (Å²) in [5, 5.41) is 7.40. The molecular weight excluding hydrogens is 342 g/mol. The van der Waals surface area contributed by atoms with Gasteiger partial charge in [0.2, 0.25) is 0 Å². The predicted octanol–water partition coefficient (Wildman–Crippen LogP) is 3.68. The number of imidazole rings is 1. The van der Waals surface area contributed by atoms with E-state index >= 15 is 0 Å². The van der Waals surface area contributed by atoms with Gasteiger partial charge in [-0.05, 0) is 35.0 Å². The van der Waals surface area contributed by atoms with Crippen LogP contribution < -0.4 is 10.1 Å². The Balaban J connectivity index is 1.68. The van der Waals surface area contributed by atoms with Crippen molar-refractivity contribution in [2.24, 2.45) is 7.05 Å². The van der Waals surface area contributed by atoms with Crippen LogP contribution in [0.5, 0.6) is 5.75 Å². The number of hydrogen-bond donors (Lipinski definition) is 1. The van der Waals surface area contributed by atoms with E-state index in [0.29, 0.717) is 11.8 Å². The number of aromatic nitrogens is 4. The second-order valence-corrected chi connectivity index (χ2v) is 6.04. The molecule has 27 heavy (non-hydrogen) atoms. The summed E-state index contributed by atoms with van der Waals surface area (Å²) < 4.78 is 12.7. The van der Waals surface area contributed by atoms with Gasteiger partial charge in [-0.25, -0.2) is 4.98 Å². The Morgan fingerprint density at radius 2 is 1.96 bits per heavy atom. The molecule has 0 aliphatic heterocycles. The number of rotatable bonds is 6. The Bertz CT molecular complexity index is 1030. The molecule has 0 fully saturated rings. The van der Waals surface area contributed by atoms with Gasteiger partial charge in [0.15, 0.2) is 0 Å². The van der Waals surface area contributed by atoms with Crippen molar-refractivity contribution >= 4 is 5.95 Å². The monoisotopic (exact) mass is 361 g/mol. The van der Waals surface area contributed by atoms with Crippen LogP contribution in [0.15, 0.2) is 71.5 Å². The molecule has 7 nitrogen and oxygen atoms in total. The largest absolute Gasteiger partial charge is 0.497 e. The van der Waals surface area contributed by atoms with Crippen molar-refractivity contribution < 1.29 is 9.26 Å². The van der Waals surface area contributed by atoms with Crippen molar-refractivity contribution in [3.63, 3.8) is 0 Å². The van der Waals surface area contributed by atoms with Crippen LogP contribution in [-0.4, -0.2) is 26.8 Å². The number of nitrogens with one attached hydrogen (secondary N) is 1. The highest BCUT2D eigenvalue weighted by Crippen LogP contribution is 2.28. The van der Waals surface area contributed by atoms with Gasteiger partial charge in [-0.3, -0.25) is 0 Å². The molecule has 2 heterocycles. The molecule has 1 atom stereocenters. The Labute approximate surface area is 156 Å². The maximum absolute atomic E-state index is 5.40. The van der Waals surface area contributed by atoms with E-state index in [-0.39, 0.29) is 6.04 Å². The summed E-state index contributed by atoms with van der Waals surface area (Å²) in [4.78, 5) is 8.95. The Hall–Kier alpha value is -3.61. The van der Waals surface area contributed by atoms with Gasteiger partial charge < -0.3 is 19.1 Å². The van der Waals surface area contributed by atoms with E-state index in [1.54, 1.807) is 13.3 Å². The smallest absolute Gasteiger partial charge is 0.264 e. The SMILES string of the molecule is COc1cccc(C(Nc2noc(-c3ccccc3)n2)c2nccn2C)c1. The standard InChI is InChI=1S/C20H19N5O2/c1-25-12-11-21-18(25)17(15-9-6-10-16(13-15)26-2)22-20-23-19(27-24-20)14-7-4-3-5-8-14/h3-13,17H,1-2H3,(H,22,24). The minimum Gasteiger partial charge on any atom is -0.497 e. The molecule has 4 aromatic rings. The average molecular weight is 361 g/mol. The van der Waals surface area contributed by atoms with Crippen LogP contribution in [0.1, 0.15) is 17.4 Å². The van der Waals surface area contributed by atoms with Gasteiger partial charge in [0.1, 0.15) is 17.6 Å². The summed E-state index contributed by atoms with van der Waals surface area (Å²) in [6.45, 7) is 0. The number of aryl methyl sites for hydroxylation is 1. The van der Waals surface area contributed by atoms with Gasteiger partial charge in [-0.2, -0.15) is 4.98 Å². The van der Waals surface area contributed by atoms with Crippen molar-refractivity contribution in [2.75, 3.05) is 12.4 Å². The lowest BCUT2D eigenvalue weighted by atomic mass is 10.1. The van der Waals surface area contributed by atoms with Crippen LogP contribution in [0.25, 0.3) is 11.5 Å². The zero-order valence-corrected chi connectivity index (χ0v) is 15.0. The Kier molecular flexibility index (Phi) is 4.57. The van der Waals surface area contributed by atoms with Crippen molar-refractivity contribution in [2.45, 2.75) is 6.04 Å². The van der Waals surface area contributed by atoms with Gasteiger partial charge >= 0.3 is 0 Å². The molecule has 2 aromatic heterocycles. The molecule has 0 aliphatic rings. The topological polar surface area (TPSA) is 78.0 Å². The van der Waals surface area contributed by atoms with Crippen molar-refractivity contribution in [1.82, 2.24) is 19.7 Å². The molecule has 4 rings (SSSR count). The highest BCUT2D eigenvalue weighted by molar-refractivity contribution is 5.54. The van der Waals surface area contributed by atoms with Crippen LogP contribution in [0.3, 0.4) is 0 Å². The van der Waals surface area contributed by atoms with Crippen LogP contribution in [0, 0.1) is 0 Å². The molecule has 0 amide bonds. The van der Waals surface area contributed by atoms with E-state index in [4.69, 9.17) is 9.26 Å². The lowest BCUT2D eigenvalue weighted by Gasteiger charge is -2.18. The average Bonchev–Trinajstić information content (AvgIpc) is 3.36. The Morgan fingerprint density at radius 3 is 2.70 bits per heavy atom. The van der Waals surface area contributed by atoms with E-state index in [2.05, 4.69) is 20.4 Å². The highest BCUT2D eigenvalue weighted by atomic mass is 16.5. The summed E-state index contributed by atoms with van der Waals surface area (Å²) in [6.07, 6.45) is 3.66. The van der Waals surface area contributed by atoms with Crippen LogP contribution in [0.2, 0.25) is 0 Å². The molecule has 0 aliphatic carbocycles. The lowest BCUT2D eigenvalue weighted by Crippen LogP contribution is -2.17. The number of nitrogens with zero attached hydrogens (tertiary/aromatic N) is 4. The minimum atomic E-state index is -0.263. The number of ether oxygens (including phenoxy) is 1. The summed E-state index contributed by atoms with van der Waals surface area (Å²) in [5.74, 6) is 2.45. The number of hydrogen-bond acceptors (Lipinski definition) is 6. The number of anilines is 1. The Morgan fingerprint density at radius 1 is 1.11 bits per heavy atom. The summed E-state index contributed by atoms with van der Waals surface area (Å²) in [6, 6.07) is 17.2. The molecule has 1 unspecified atom stereocenters. The zero-order chi connectivity index (χ0) is 18.6. The molecule has 1 N–H and O–H groups in total. The fraction of sp³-hybridized carbons (Fsp3) is 0.150. The second-order valence-electron chi connectivity index (χ2n) is 6.04. The van der Waals surface area contributed by atoms with Gasteiger partial charge in [0, 0.05) is 25.0 Å². The fourth-order valence-electron chi connectivity index (χ4n) is 2.88. The third kappa shape index (κ3) is 3.52. The molecule has 0 radical (unpaired) electrons. The molecular formula is C20H19N5O2. The van der Waals surface area contributed by atoms with E-state index in [0.717, 1.165) is 22.7 Å². The summed E-state index contributed by atoms with van der Waals surface area (Å²) in [7, 11) is 3.59. The van der Waals surface area contributed by atoms with E-state index in [9.17, 15) is 0 Å². The van der Waals surface area contributed by atoms with Crippen LogP contribution in [-0.2, 0) is 7.05 Å². The molecule has 0 saturated carbocycles. The maximum atomic E-state index is 5.40. The van der Waals surface area contributed by atoms with Crippen molar-refractivity contribution in [3.8, 4) is 17.2 Å². The van der Waals surface area contributed by atoms with E-state index in [1.165, 1.54) is 0 Å². The summed E-state index contributed by atoms with van der Waals surface area (Å²) in [5.41, 5.74) is 1.85. The first-order valence-electron chi connectivity index (χ1n) is 8.51. The predicted molar refractivity (Wildman–Crippen MR) is 101 cm³/mol. The highest BCUT2D eigenvalue weighted by Gasteiger charge is 2.21. The zero-order valence-electron chi connectivity index (χ0n) is 15.0. The molecule has 0 spiro atoms. The third-order valence-corrected chi connectivity index (χ3v) is 4.26. The normalized spacial score (nSPS) is 11.9. The number of methoxy groups -OCH3 is 1. The minimum absolute atomic E-state index is 0.263. The molecule has 0 saturated heterocycles. The van der Waals surface area contributed by atoms with Gasteiger partial charge in [-0.15, -0.1) is 0 Å².